The SMILES string of the molecule is CC(C)(C)OC(=O)N1CCC(NCc2cc(Cl)c(Cl)cc2[N+](=O)[O-])CC1. The molecule has 0 spiro atoms. The molecule has 1 N–H and O–H groups in total. The molecule has 1 aromatic rings. The van der Waals surface area contributed by atoms with E-state index >= 15 is 0 Å². The van der Waals surface area contributed by atoms with Crippen LogP contribution in [0.15, 0.2) is 12.1 Å². The topological polar surface area (TPSA) is 84.7 Å². The van der Waals surface area contributed by atoms with Crippen molar-refractivity contribution >= 4 is 35.0 Å². The van der Waals surface area contributed by atoms with Gasteiger partial charge in [0.15, 0.2) is 0 Å². The first-order valence-electron chi connectivity index (χ1n) is 8.40. The lowest BCUT2D eigenvalue weighted by Crippen LogP contribution is -2.46. The van der Waals surface area contributed by atoms with Gasteiger partial charge in [-0.15, -0.1) is 0 Å². The van der Waals surface area contributed by atoms with Crippen LogP contribution in [0, 0.1) is 10.1 Å². The van der Waals surface area contributed by atoms with Crippen molar-refractivity contribution in [3.63, 3.8) is 0 Å². The van der Waals surface area contributed by atoms with Crippen molar-refractivity contribution in [2.75, 3.05) is 13.1 Å². The van der Waals surface area contributed by atoms with Crippen molar-refractivity contribution in [1.29, 1.82) is 0 Å². The third kappa shape index (κ3) is 5.72. The Balaban J connectivity index is 1.90. The molecular formula is C17H23Cl2N3O4. The van der Waals surface area contributed by atoms with E-state index in [0.717, 1.165) is 12.8 Å². The quantitative estimate of drug-likeness (QED) is 0.594. The van der Waals surface area contributed by atoms with Crippen LogP contribution in [-0.4, -0.2) is 40.6 Å². The molecule has 1 saturated heterocycles. The van der Waals surface area contributed by atoms with Crippen LogP contribution in [0.25, 0.3) is 0 Å². The van der Waals surface area contributed by atoms with Crippen LogP contribution in [0.2, 0.25) is 10.0 Å². The molecule has 0 aliphatic carbocycles. The molecule has 7 nitrogen and oxygen atoms in total. The van der Waals surface area contributed by atoms with Crippen LogP contribution in [0.3, 0.4) is 0 Å². The van der Waals surface area contributed by atoms with Crippen molar-refractivity contribution in [3.05, 3.63) is 37.9 Å². The third-order valence-electron chi connectivity index (χ3n) is 4.05. The second-order valence-electron chi connectivity index (χ2n) is 7.27. The lowest BCUT2D eigenvalue weighted by atomic mass is 10.0. The second-order valence-corrected chi connectivity index (χ2v) is 8.09. The van der Waals surface area contributed by atoms with Gasteiger partial charge in [0.1, 0.15) is 5.60 Å². The van der Waals surface area contributed by atoms with Crippen molar-refractivity contribution in [1.82, 2.24) is 10.2 Å². The number of piperidine rings is 1. The molecule has 26 heavy (non-hydrogen) atoms. The normalized spacial score (nSPS) is 15.8. The molecule has 0 unspecified atom stereocenters. The summed E-state index contributed by atoms with van der Waals surface area (Å²) in [6.45, 7) is 6.98. The largest absolute Gasteiger partial charge is 0.444 e. The molecule has 1 aromatic carbocycles. The smallest absolute Gasteiger partial charge is 0.410 e. The molecule has 2 rings (SSSR count). The Morgan fingerprint density at radius 1 is 1.31 bits per heavy atom. The molecule has 1 aliphatic heterocycles. The number of nitro groups is 1. The van der Waals surface area contributed by atoms with Gasteiger partial charge in [-0.3, -0.25) is 10.1 Å². The van der Waals surface area contributed by atoms with E-state index in [0.29, 0.717) is 25.2 Å². The predicted octanol–water partition coefficient (Wildman–Crippen LogP) is 4.39. The summed E-state index contributed by atoms with van der Waals surface area (Å²) in [6.07, 6.45) is 1.18. The highest BCUT2D eigenvalue weighted by Crippen LogP contribution is 2.30. The maximum absolute atomic E-state index is 12.1. The van der Waals surface area contributed by atoms with E-state index in [9.17, 15) is 14.9 Å². The summed E-state index contributed by atoms with van der Waals surface area (Å²) in [5.74, 6) is 0. The number of benzene rings is 1. The number of carbonyl (C=O) groups excluding carboxylic acids is 1. The second kappa shape index (κ2) is 8.41. The molecule has 0 aromatic heterocycles. The molecule has 9 heteroatoms. The number of ether oxygens (including phenoxy) is 1. The highest BCUT2D eigenvalue weighted by atomic mass is 35.5. The first-order valence-corrected chi connectivity index (χ1v) is 9.16. The maximum Gasteiger partial charge on any atom is 0.410 e. The molecule has 0 atom stereocenters. The molecule has 1 amide bonds. The van der Waals surface area contributed by atoms with Crippen molar-refractivity contribution in [3.8, 4) is 0 Å². The summed E-state index contributed by atoms with van der Waals surface area (Å²) >= 11 is 11.8. The Hall–Kier alpha value is -1.57. The zero-order valence-electron chi connectivity index (χ0n) is 15.1. The van der Waals surface area contributed by atoms with E-state index in [1.165, 1.54) is 12.1 Å². The van der Waals surface area contributed by atoms with Gasteiger partial charge < -0.3 is 15.0 Å². The van der Waals surface area contributed by atoms with Gasteiger partial charge in [-0.2, -0.15) is 0 Å². The minimum atomic E-state index is -0.515. The van der Waals surface area contributed by atoms with Gasteiger partial charge in [-0.25, -0.2) is 4.79 Å². The summed E-state index contributed by atoms with van der Waals surface area (Å²) in [4.78, 5) is 24.5. The van der Waals surface area contributed by atoms with Crippen LogP contribution in [0.5, 0.6) is 0 Å². The first kappa shape index (κ1) is 20.7. The van der Waals surface area contributed by atoms with Crippen LogP contribution in [-0.2, 0) is 11.3 Å². The lowest BCUT2D eigenvalue weighted by Gasteiger charge is -2.33. The van der Waals surface area contributed by atoms with Gasteiger partial charge in [0.2, 0.25) is 0 Å². The van der Waals surface area contributed by atoms with Gasteiger partial charge in [0.05, 0.1) is 15.0 Å². The van der Waals surface area contributed by atoms with E-state index in [1.807, 2.05) is 20.8 Å². The average molecular weight is 404 g/mol. The molecule has 0 bridgehead atoms. The monoisotopic (exact) mass is 403 g/mol. The van der Waals surface area contributed by atoms with Crippen molar-refractivity contribution < 1.29 is 14.5 Å². The van der Waals surface area contributed by atoms with Crippen LogP contribution in [0.1, 0.15) is 39.2 Å². The van der Waals surface area contributed by atoms with Gasteiger partial charge in [-0.1, -0.05) is 23.2 Å². The number of likely N-dealkylation sites (tertiary alicyclic amines) is 1. The Morgan fingerprint density at radius 2 is 1.88 bits per heavy atom. The molecule has 144 valence electrons. The van der Waals surface area contributed by atoms with Crippen molar-refractivity contribution in [2.24, 2.45) is 0 Å². The zero-order chi connectivity index (χ0) is 19.5. The van der Waals surface area contributed by atoms with E-state index in [-0.39, 0.29) is 27.9 Å². The number of nitrogens with zero attached hydrogens (tertiary/aromatic N) is 2. The fourth-order valence-electron chi connectivity index (χ4n) is 2.74. The number of halogens is 2. The molecule has 1 heterocycles. The average Bonchev–Trinajstić information content (AvgIpc) is 2.54. The van der Waals surface area contributed by atoms with Gasteiger partial charge in [0.25, 0.3) is 5.69 Å². The summed E-state index contributed by atoms with van der Waals surface area (Å²) < 4.78 is 5.37. The summed E-state index contributed by atoms with van der Waals surface area (Å²) in [5.41, 5.74) is -0.0871. The zero-order valence-corrected chi connectivity index (χ0v) is 16.6. The summed E-state index contributed by atoms with van der Waals surface area (Å²) in [5, 5.41) is 14.9. The van der Waals surface area contributed by atoms with E-state index < -0.39 is 10.5 Å². The van der Waals surface area contributed by atoms with E-state index in [1.54, 1.807) is 4.90 Å². The molecular weight excluding hydrogens is 381 g/mol. The van der Waals surface area contributed by atoms with E-state index in [4.69, 9.17) is 27.9 Å². The molecule has 1 fully saturated rings. The predicted molar refractivity (Wildman–Crippen MR) is 101 cm³/mol. The highest BCUT2D eigenvalue weighted by Gasteiger charge is 2.27. The summed E-state index contributed by atoms with van der Waals surface area (Å²) in [7, 11) is 0. The Morgan fingerprint density at radius 3 is 2.42 bits per heavy atom. The van der Waals surface area contributed by atoms with E-state index in [2.05, 4.69) is 5.32 Å². The van der Waals surface area contributed by atoms with Crippen molar-refractivity contribution in [2.45, 2.75) is 51.8 Å². The number of rotatable bonds is 4. The number of carbonyl (C=O) groups is 1. The Bertz CT molecular complexity index is 683. The van der Waals surface area contributed by atoms with Gasteiger partial charge in [-0.05, 0) is 39.7 Å². The first-order chi connectivity index (χ1) is 12.1. The fraction of sp³-hybridized carbons (Fsp3) is 0.588. The van der Waals surface area contributed by atoms with Gasteiger partial charge in [0, 0.05) is 37.3 Å². The standard InChI is InChI=1S/C17H23Cl2N3O4/c1-17(2,3)26-16(23)21-6-4-12(5-7-21)20-10-11-8-13(18)14(19)9-15(11)22(24)25/h8-9,12,20H,4-7,10H2,1-3H3. The Labute approximate surface area is 162 Å². The minimum Gasteiger partial charge on any atom is -0.444 e. The van der Waals surface area contributed by atoms with Crippen LogP contribution in [0.4, 0.5) is 10.5 Å². The number of nitro benzene ring substituents is 1. The third-order valence-corrected chi connectivity index (χ3v) is 4.77. The lowest BCUT2D eigenvalue weighted by molar-refractivity contribution is -0.385. The van der Waals surface area contributed by atoms with Gasteiger partial charge >= 0.3 is 6.09 Å². The number of hydrogen-bond acceptors (Lipinski definition) is 5. The van der Waals surface area contributed by atoms with Crippen LogP contribution < -0.4 is 5.32 Å². The molecule has 0 radical (unpaired) electrons. The minimum absolute atomic E-state index is 0.0573. The fourth-order valence-corrected chi connectivity index (χ4v) is 3.08. The number of nitrogens with one attached hydrogen (secondary N) is 1. The number of hydrogen-bond donors (Lipinski definition) is 1. The molecule has 1 aliphatic rings. The number of amides is 1. The highest BCUT2D eigenvalue weighted by molar-refractivity contribution is 6.42. The summed E-state index contributed by atoms with van der Waals surface area (Å²) in [6, 6.07) is 2.94. The van der Waals surface area contributed by atoms with Crippen LogP contribution >= 0.6 is 23.2 Å². The Kier molecular flexibility index (Phi) is 6.71. The molecule has 0 saturated carbocycles. The maximum atomic E-state index is 12.1.